The summed E-state index contributed by atoms with van der Waals surface area (Å²) in [5.74, 6) is -1.96. The van der Waals surface area contributed by atoms with Crippen LogP contribution in [0.15, 0.2) is 146 Å². The van der Waals surface area contributed by atoms with E-state index in [1.54, 1.807) is 0 Å². The first-order chi connectivity index (χ1) is 24.1. The average Bonchev–Trinajstić information content (AvgIpc) is 3.15. The van der Waals surface area contributed by atoms with Crippen molar-refractivity contribution in [3.05, 3.63) is 179 Å². The maximum absolute atomic E-state index is 12.9. The van der Waals surface area contributed by atoms with E-state index < -0.39 is 30.2 Å². The Morgan fingerprint density at radius 1 is 0.531 bits per heavy atom. The Morgan fingerprint density at radius 2 is 0.980 bits per heavy atom. The summed E-state index contributed by atoms with van der Waals surface area (Å²) in [4.78, 5) is 0. The molecule has 0 saturated carbocycles. The lowest BCUT2D eigenvalue weighted by Gasteiger charge is -2.50. The minimum absolute atomic E-state index is 0.134. The second-order valence-electron chi connectivity index (χ2n) is 12.1. The van der Waals surface area contributed by atoms with Crippen molar-refractivity contribution in [2.75, 3.05) is 6.61 Å². The standard InChI is InChI=1S/C41H43O7P/c42-41(36-24-14-13-23-35(36)29-47-49)40(46-28-34-21-11-4-12-22-34)39(45-27-33-19-9-3-10-20-33)38(44-26-32-17-7-2-8-18-32)37(48-41)30-43-25-31-15-5-1-6-16-31/h1-24,37-40,42H,25-30,49H2/t37-,38-,39+,40-,41+/m1/s1. The minimum Gasteiger partial charge on any atom is -0.374 e. The topological polar surface area (TPSA) is 75.6 Å². The fraction of sp³-hybridized carbons (Fsp3) is 0.268. The molecule has 5 aromatic rings. The third-order valence-corrected chi connectivity index (χ3v) is 8.75. The van der Waals surface area contributed by atoms with Crippen molar-refractivity contribution in [2.24, 2.45) is 0 Å². The molecule has 1 saturated heterocycles. The number of rotatable bonds is 16. The largest absolute Gasteiger partial charge is 0.374 e. The lowest BCUT2D eigenvalue weighted by Crippen LogP contribution is -2.65. The molecule has 5 aromatic carbocycles. The fourth-order valence-electron chi connectivity index (χ4n) is 6.16. The fourth-order valence-corrected chi connectivity index (χ4v) is 6.33. The van der Waals surface area contributed by atoms with Crippen molar-refractivity contribution >= 4 is 9.47 Å². The molecule has 49 heavy (non-hydrogen) atoms. The van der Waals surface area contributed by atoms with Crippen LogP contribution in [-0.2, 0) is 67.0 Å². The number of aliphatic hydroxyl groups is 1. The van der Waals surface area contributed by atoms with Gasteiger partial charge < -0.3 is 33.3 Å². The van der Waals surface area contributed by atoms with Gasteiger partial charge in [0.15, 0.2) is 0 Å². The Kier molecular flexibility index (Phi) is 12.7. The van der Waals surface area contributed by atoms with Gasteiger partial charge in [-0.1, -0.05) is 146 Å². The summed E-state index contributed by atoms with van der Waals surface area (Å²) in [6.45, 7) is 1.52. The molecule has 1 unspecified atom stereocenters. The SMILES string of the molecule is O[C@@]1(c2ccccc2COP)O[C@H](COCc2ccccc2)[C@@H](OCc2ccccc2)[C@H](OCc2ccccc2)[C@H]1OCc1ccccc1. The molecule has 0 bridgehead atoms. The molecule has 6 atom stereocenters. The molecule has 1 heterocycles. The Labute approximate surface area is 291 Å². The van der Waals surface area contributed by atoms with E-state index >= 15 is 0 Å². The van der Waals surface area contributed by atoms with Crippen LogP contribution in [0.1, 0.15) is 33.4 Å². The van der Waals surface area contributed by atoms with Gasteiger partial charge in [-0.05, 0) is 27.8 Å². The maximum atomic E-state index is 12.9. The van der Waals surface area contributed by atoms with E-state index in [-0.39, 0.29) is 26.4 Å². The first-order valence-electron chi connectivity index (χ1n) is 16.5. The van der Waals surface area contributed by atoms with E-state index in [1.165, 1.54) is 0 Å². The number of ether oxygens (including phenoxy) is 5. The van der Waals surface area contributed by atoms with Crippen molar-refractivity contribution in [1.29, 1.82) is 0 Å². The molecule has 254 valence electrons. The molecule has 7 nitrogen and oxygen atoms in total. The predicted molar refractivity (Wildman–Crippen MR) is 191 cm³/mol. The van der Waals surface area contributed by atoms with Gasteiger partial charge in [0.2, 0.25) is 5.79 Å². The first-order valence-corrected chi connectivity index (χ1v) is 17.0. The van der Waals surface area contributed by atoms with Crippen LogP contribution in [0.4, 0.5) is 0 Å². The van der Waals surface area contributed by atoms with Gasteiger partial charge in [-0.25, -0.2) is 0 Å². The van der Waals surface area contributed by atoms with Gasteiger partial charge in [-0.2, -0.15) is 0 Å². The van der Waals surface area contributed by atoms with Crippen molar-refractivity contribution in [3.8, 4) is 0 Å². The van der Waals surface area contributed by atoms with Gasteiger partial charge >= 0.3 is 0 Å². The van der Waals surface area contributed by atoms with Gasteiger partial charge in [-0.15, -0.1) is 0 Å². The van der Waals surface area contributed by atoms with Crippen LogP contribution >= 0.6 is 9.47 Å². The molecule has 1 aliphatic heterocycles. The molecule has 0 aromatic heterocycles. The summed E-state index contributed by atoms with van der Waals surface area (Å²) >= 11 is 0. The number of hydrogen-bond donors (Lipinski definition) is 1. The Hall–Kier alpha value is -3.75. The molecule has 8 heteroatoms. The second-order valence-corrected chi connectivity index (χ2v) is 12.4. The molecule has 0 spiro atoms. The van der Waals surface area contributed by atoms with Crippen molar-refractivity contribution in [3.63, 3.8) is 0 Å². The number of hydrogen-bond acceptors (Lipinski definition) is 7. The van der Waals surface area contributed by atoms with Crippen LogP contribution in [0, 0.1) is 0 Å². The summed E-state index contributed by atoms with van der Waals surface area (Å²) in [5, 5.41) is 12.9. The highest BCUT2D eigenvalue weighted by atomic mass is 31.0. The molecule has 0 aliphatic carbocycles. The van der Waals surface area contributed by atoms with Crippen LogP contribution in [-0.4, -0.2) is 36.1 Å². The van der Waals surface area contributed by atoms with E-state index in [0.717, 1.165) is 27.8 Å². The molecule has 1 fully saturated rings. The zero-order chi connectivity index (χ0) is 33.7. The third-order valence-electron chi connectivity index (χ3n) is 8.58. The van der Waals surface area contributed by atoms with Crippen LogP contribution in [0.25, 0.3) is 0 Å². The van der Waals surface area contributed by atoms with Gasteiger partial charge in [0, 0.05) is 15.0 Å². The first kappa shape index (κ1) is 35.1. The molecule has 1 aliphatic rings. The van der Waals surface area contributed by atoms with Crippen LogP contribution in [0.3, 0.4) is 0 Å². The van der Waals surface area contributed by atoms with Crippen molar-refractivity contribution < 1.29 is 33.3 Å². The normalized spacial score (nSPS) is 22.2. The lowest BCUT2D eigenvalue weighted by atomic mass is 9.85. The van der Waals surface area contributed by atoms with E-state index in [4.69, 9.17) is 28.2 Å². The lowest BCUT2D eigenvalue weighted by molar-refractivity contribution is -0.379. The van der Waals surface area contributed by atoms with Crippen molar-refractivity contribution in [1.82, 2.24) is 0 Å². The highest BCUT2D eigenvalue weighted by molar-refractivity contribution is 7.09. The maximum Gasteiger partial charge on any atom is 0.223 e. The molecular formula is C41H43O7P. The highest BCUT2D eigenvalue weighted by Crippen LogP contribution is 2.43. The van der Waals surface area contributed by atoms with E-state index in [0.29, 0.717) is 18.8 Å². The molecule has 1 N–H and O–H groups in total. The summed E-state index contributed by atoms with van der Waals surface area (Å²) in [7, 11) is 2.28. The van der Waals surface area contributed by atoms with Crippen LogP contribution in [0.5, 0.6) is 0 Å². The molecule has 0 amide bonds. The third kappa shape index (κ3) is 9.28. The highest BCUT2D eigenvalue weighted by Gasteiger charge is 2.57. The minimum atomic E-state index is -1.96. The Bertz CT molecular complexity index is 1680. The van der Waals surface area contributed by atoms with Gasteiger partial charge in [0.05, 0.1) is 39.6 Å². The number of benzene rings is 5. The van der Waals surface area contributed by atoms with E-state index in [9.17, 15) is 5.11 Å². The predicted octanol–water partition coefficient (Wildman–Crippen LogP) is 7.51. The van der Waals surface area contributed by atoms with Gasteiger partial charge in [0.25, 0.3) is 0 Å². The Morgan fingerprint density at radius 3 is 1.51 bits per heavy atom. The molecule has 0 radical (unpaired) electrons. The van der Waals surface area contributed by atoms with E-state index in [2.05, 4.69) is 9.47 Å². The Balaban J connectivity index is 1.40. The smallest absolute Gasteiger partial charge is 0.223 e. The van der Waals surface area contributed by atoms with Crippen molar-refractivity contribution in [2.45, 2.75) is 63.2 Å². The second kappa shape index (κ2) is 17.8. The van der Waals surface area contributed by atoms with E-state index in [1.807, 2.05) is 146 Å². The van der Waals surface area contributed by atoms with Crippen LogP contribution < -0.4 is 0 Å². The molecule has 6 rings (SSSR count). The van der Waals surface area contributed by atoms with Gasteiger partial charge in [0.1, 0.15) is 24.4 Å². The zero-order valence-electron chi connectivity index (χ0n) is 27.4. The summed E-state index contributed by atoms with van der Waals surface area (Å²) in [6, 6.07) is 47.3. The quantitative estimate of drug-likeness (QED) is 0.108. The van der Waals surface area contributed by atoms with Gasteiger partial charge in [-0.3, -0.25) is 0 Å². The summed E-state index contributed by atoms with van der Waals surface area (Å²) < 4.78 is 38.8. The monoisotopic (exact) mass is 678 g/mol. The zero-order valence-corrected chi connectivity index (χ0v) is 28.5. The van der Waals surface area contributed by atoms with Crippen LogP contribution in [0.2, 0.25) is 0 Å². The summed E-state index contributed by atoms with van der Waals surface area (Å²) in [6.07, 6.45) is -3.19. The average molecular weight is 679 g/mol. The molecular weight excluding hydrogens is 635 g/mol. The summed E-state index contributed by atoms with van der Waals surface area (Å²) in [5.41, 5.74) is 5.23.